The number of nitrogens with zero attached hydrogens (tertiary/aromatic N) is 6. The minimum Gasteiger partial charge on any atom is -0.298 e. The maximum absolute atomic E-state index is 13.3. The number of rotatable bonds is 2. The first-order valence-corrected chi connectivity index (χ1v) is 8.54. The van der Waals surface area contributed by atoms with E-state index in [-0.39, 0.29) is 5.82 Å². The highest BCUT2D eigenvalue weighted by atomic mass is 19.1. The number of halogens is 1. The second kappa shape index (κ2) is 5.70. The minimum atomic E-state index is -0.266. The molecule has 5 rings (SSSR count). The lowest BCUT2D eigenvalue weighted by Gasteiger charge is -2.07. The van der Waals surface area contributed by atoms with E-state index in [1.165, 1.54) is 12.1 Å². The molecule has 132 valence electrons. The topological polar surface area (TPSA) is 60.9 Å². The summed E-state index contributed by atoms with van der Waals surface area (Å²) in [5.41, 5.74) is 5.15. The van der Waals surface area contributed by atoms with Crippen LogP contribution in [0.3, 0.4) is 0 Å². The van der Waals surface area contributed by atoms with E-state index in [1.54, 1.807) is 29.2 Å². The van der Waals surface area contributed by atoms with Crippen molar-refractivity contribution in [3.8, 4) is 17.2 Å². The molecule has 0 aliphatic heterocycles. The van der Waals surface area contributed by atoms with Crippen LogP contribution in [0.25, 0.3) is 33.9 Å². The quantitative estimate of drug-likeness (QED) is 0.480. The lowest BCUT2D eigenvalue weighted by molar-refractivity contribution is 0.627. The van der Waals surface area contributed by atoms with Gasteiger partial charge >= 0.3 is 0 Å². The molecule has 0 radical (unpaired) electrons. The van der Waals surface area contributed by atoms with E-state index < -0.39 is 0 Å². The zero-order valence-corrected chi connectivity index (χ0v) is 14.8. The highest BCUT2D eigenvalue weighted by Gasteiger charge is 2.19. The van der Waals surface area contributed by atoms with Gasteiger partial charge in [0.1, 0.15) is 17.8 Å². The Hall–Kier alpha value is -3.61. The summed E-state index contributed by atoms with van der Waals surface area (Å²) in [4.78, 5) is 13.6. The minimum absolute atomic E-state index is 0.266. The van der Waals surface area contributed by atoms with Crippen LogP contribution in [0.1, 0.15) is 11.3 Å². The highest BCUT2D eigenvalue weighted by Crippen LogP contribution is 2.30. The Morgan fingerprint density at radius 1 is 0.926 bits per heavy atom. The van der Waals surface area contributed by atoms with Crippen molar-refractivity contribution >= 4 is 16.7 Å². The normalized spacial score (nSPS) is 11.5. The van der Waals surface area contributed by atoms with Gasteiger partial charge in [-0.3, -0.25) is 9.55 Å². The van der Waals surface area contributed by atoms with E-state index in [9.17, 15) is 4.39 Å². The maximum atomic E-state index is 13.3. The molecule has 0 bridgehead atoms. The number of pyridine rings is 1. The largest absolute Gasteiger partial charge is 0.298 e. The Kier molecular flexibility index (Phi) is 3.30. The van der Waals surface area contributed by atoms with Crippen molar-refractivity contribution in [3.05, 3.63) is 72.1 Å². The van der Waals surface area contributed by atoms with Crippen LogP contribution in [-0.2, 0) is 0 Å². The lowest BCUT2D eigenvalue weighted by atomic mass is 10.2. The Bertz CT molecular complexity index is 1290. The fraction of sp³-hybridized carbons (Fsp3) is 0.100. The summed E-state index contributed by atoms with van der Waals surface area (Å²) in [6, 6.07) is 12.0. The van der Waals surface area contributed by atoms with Gasteiger partial charge in [-0.2, -0.15) is 0 Å². The third kappa shape index (κ3) is 2.32. The zero-order valence-electron chi connectivity index (χ0n) is 14.8. The fourth-order valence-electron chi connectivity index (χ4n) is 3.37. The summed E-state index contributed by atoms with van der Waals surface area (Å²) in [5.74, 6) is 0.286. The first-order valence-electron chi connectivity index (χ1n) is 8.54. The average Bonchev–Trinajstić information content (AvgIpc) is 3.23. The maximum Gasteiger partial charge on any atom is 0.200 e. The van der Waals surface area contributed by atoms with Gasteiger partial charge in [0, 0.05) is 17.6 Å². The number of benzene rings is 1. The van der Waals surface area contributed by atoms with Crippen molar-refractivity contribution in [2.24, 2.45) is 0 Å². The number of hydrogen-bond acceptors (Lipinski definition) is 4. The third-order valence-corrected chi connectivity index (χ3v) is 4.81. The molecule has 0 saturated carbocycles. The van der Waals surface area contributed by atoms with Crippen LogP contribution in [0.4, 0.5) is 4.39 Å². The average molecular weight is 358 g/mol. The zero-order chi connectivity index (χ0) is 18.5. The molecule has 7 heteroatoms. The Balaban J connectivity index is 1.80. The lowest BCUT2D eigenvalue weighted by Crippen LogP contribution is -1.99. The van der Waals surface area contributed by atoms with Gasteiger partial charge in [-0.05, 0) is 55.8 Å². The van der Waals surface area contributed by atoms with Crippen LogP contribution in [-0.4, -0.2) is 29.1 Å². The Morgan fingerprint density at radius 2 is 1.74 bits per heavy atom. The van der Waals surface area contributed by atoms with Crippen LogP contribution in [0.2, 0.25) is 0 Å². The second-order valence-electron chi connectivity index (χ2n) is 6.38. The summed E-state index contributed by atoms with van der Waals surface area (Å²) in [6.07, 6.45) is 3.37. The predicted molar refractivity (Wildman–Crippen MR) is 100 cm³/mol. The number of fused-ring (bicyclic) bond motifs is 3. The van der Waals surface area contributed by atoms with Crippen molar-refractivity contribution in [1.82, 2.24) is 29.1 Å². The molecule has 6 nitrogen and oxygen atoms in total. The van der Waals surface area contributed by atoms with Crippen LogP contribution in [0.5, 0.6) is 0 Å². The van der Waals surface area contributed by atoms with E-state index in [0.717, 1.165) is 33.6 Å². The number of aryl methyl sites for hydroxylation is 1. The van der Waals surface area contributed by atoms with Gasteiger partial charge in [-0.1, -0.05) is 6.07 Å². The van der Waals surface area contributed by atoms with Gasteiger partial charge in [0.05, 0.1) is 5.39 Å². The molecule has 4 heterocycles. The van der Waals surface area contributed by atoms with Crippen molar-refractivity contribution in [2.75, 3.05) is 0 Å². The van der Waals surface area contributed by atoms with Crippen molar-refractivity contribution in [1.29, 1.82) is 0 Å². The monoisotopic (exact) mass is 358 g/mol. The van der Waals surface area contributed by atoms with Crippen molar-refractivity contribution in [3.63, 3.8) is 0 Å². The van der Waals surface area contributed by atoms with Crippen LogP contribution in [0, 0.1) is 19.7 Å². The molecule has 0 saturated heterocycles. The first kappa shape index (κ1) is 15.6. The smallest absolute Gasteiger partial charge is 0.200 e. The number of hydrogen-bond donors (Lipinski definition) is 0. The fourth-order valence-corrected chi connectivity index (χ4v) is 3.37. The van der Waals surface area contributed by atoms with Gasteiger partial charge in [0.25, 0.3) is 0 Å². The summed E-state index contributed by atoms with van der Waals surface area (Å²) < 4.78 is 17.0. The molecule has 1 aromatic carbocycles. The molecule has 4 aromatic heterocycles. The van der Waals surface area contributed by atoms with E-state index in [1.807, 2.05) is 36.6 Å². The molecule has 27 heavy (non-hydrogen) atoms. The molecule has 0 amide bonds. The first-order chi connectivity index (χ1) is 13.1. The predicted octanol–water partition coefficient (Wildman–Crippen LogP) is 3.89. The molecule has 0 spiro atoms. The Labute approximate surface area is 154 Å². The summed E-state index contributed by atoms with van der Waals surface area (Å²) in [6.45, 7) is 4.06. The van der Waals surface area contributed by atoms with E-state index in [4.69, 9.17) is 4.98 Å². The highest BCUT2D eigenvalue weighted by molar-refractivity contribution is 5.95. The van der Waals surface area contributed by atoms with Gasteiger partial charge in [0.2, 0.25) is 5.82 Å². The van der Waals surface area contributed by atoms with Gasteiger partial charge in [-0.15, -0.1) is 5.10 Å². The molecular weight excluding hydrogens is 343 g/mol. The molecule has 0 N–H and O–H groups in total. The van der Waals surface area contributed by atoms with Crippen LogP contribution in [0.15, 0.2) is 55.0 Å². The molecule has 0 aliphatic rings. The Morgan fingerprint density at radius 3 is 2.48 bits per heavy atom. The van der Waals surface area contributed by atoms with Gasteiger partial charge in [-0.25, -0.2) is 18.9 Å². The molecule has 0 aliphatic carbocycles. The van der Waals surface area contributed by atoms with Gasteiger partial charge < -0.3 is 0 Å². The van der Waals surface area contributed by atoms with Crippen molar-refractivity contribution < 1.29 is 4.39 Å². The third-order valence-electron chi connectivity index (χ3n) is 4.81. The standard InChI is InChI=1S/C20H15FN6/c1-12-13(2)27(15-8-6-14(21)7-9-15)19-17(12)20-24-18(25-26(20)11-23-19)16-5-3-4-10-22-16/h3-11H,1-2H3. The van der Waals surface area contributed by atoms with Gasteiger partial charge in [0.15, 0.2) is 11.3 Å². The summed E-state index contributed by atoms with van der Waals surface area (Å²) in [7, 11) is 0. The van der Waals surface area contributed by atoms with Crippen LogP contribution >= 0.6 is 0 Å². The van der Waals surface area contributed by atoms with Crippen LogP contribution < -0.4 is 0 Å². The SMILES string of the molecule is Cc1c(C)n(-c2ccc(F)cc2)c2ncn3nc(-c4ccccn4)nc3c12. The number of aromatic nitrogens is 6. The van der Waals surface area contributed by atoms with Crippen molar-refractivity contribution in [2.45, 2.75) is 13.8 Å². The molecule has 0 atom stereocenters. The summed E-state index contributed by atoms with van der Waals surface area (Å²) in [5, 5.41) is 5.44. The second-order valence-corrected chi connectivity index (χ2v) is 6.38. The molecular formula is C20H15FN6. The van der Waals surface area contributed by atoms with E-state index in [2.05, 4.69) is 15.1 Å². The van der Waals surface area contributed by atoms with E-state index in [0.29, 0.717) is 11.5 Å². The summed E-state index contributed by atoms with van der Waals surface area (Å²) >= 11 is 0. The molecule has 0 unspecified atom stereocenters. The molecule has 0 fully saturated rings. The molecule has 5 aromatic rings. The van der Waals surface area contributed by atoms with E-state index >= 15 is 0 Å².